The first-order valence-corrected chi connectivity index (χ1v) is 7.31. The molecule has 1 N–H and O–H groups in total. The summed E-state index contributed by atoms with van der Waals surface area (Å²) in [6.45, 7) is 4.05. The Labute approximate surface area is 111 Å². The second kappa shape index (κ2) is 4.62. The fraction of sp³-hybridized carbons (Fsp3) is 0.571. The summed E-state index contributed by atoms with van der Waals surface area (Å²) in [7, 11) is 0. The van der Waals surface area contributed by atoms with Gasteiger partial charge in [0.1, 0.15) is 5.75 Å². The Morgan fingerprint density at radius 2 is 2.35 bits per heavy atom. The molecule has 3 rings (SSSR count). The fourth-order valence-electron chi connectivity index (χ4n) is 3.09. The summed E-state index contributed by atoms with van der Waals surface area (Å²) in [6, 6.07) is 2.75. The molecule has 0 bridgehead atoms. The number of nitrogens with one attached hydrogen (secondary N) is 1. The van der Waals surface area contributed by atoms with Gasteiger partial charge >= 0.3 is 0 Å². The van der Waals surface area contributed by atoms with E-state index in [1.54, 1.807) is 0 Å². The summed E-state index contributed by atoms with van der Waals surface area (Å²) in [6.07, 6.45) is 4.72. The highest BCUT2D eigenvalue weighted by atomic mass is 79.9. The molecular weight excluding hydrogens is 278 g/mol. The standard InChI is InChI=1S/C14H18BrNO/c1-2-16-12-5-3-4-10-13(12)11(15)8-9-6-7-17-14(9)10/h8,12,16H,2-7H2,1H3. The van der Waals surface area contributed by atoms with Gasteiger partial charge in [0.25, 0.3) is 0 Å². The third-order valence-corrected chi connectivity index (χ3v) is 4.44. The molecule has 1 heterocycles. The van der Waals surface area contributed by atoms with Gasteiger partial charge in [-0.05, 0) is 43.0 Å². The van der Waals surface area contributed by atoms with E-state index in [0.717, 1.165) is 19.6 Å². The lowest BCUT2D eigenvalue weighted by molar-refractivity contribution is 0.348. The first kappa shape index (κ1) is 11.5. The van der Waals surface area contributed by atoms with Gasteiger partial charge in [0.15, 0.2) is 0 Å². The Bertz CT molecular complexity index is 444. The molecule has 0 fully saturated rings. The van der Waals surface area contributed by atoms with Crippen LogP contribution in [0.15, 0.2) is 10.5 Å². The molecule has 0 aromatic heterocycles. The minimum atomic E-state index is 0.493. The third kappa shape index (κ3) is 1.89. The molecule has 1 aliphatic heterocycles. The first-order chi connectivity index (χ1) is 8.31. The lowest BCUT2D eigenvalue weighted by atomic mass is 9.85. The van der Waals surface area contributed by atoms with E-state index in [0.29, 0.717) is 6.04 Å². The predicted octanol–water partition coefficient (Wildman–Crippen LogP) is 3.37. The van der Waals surface area contributed by atoms with Crippen molar-refractivity contribution in [3.05, 3.63) is 27.2 Å². The van der Waals surface area contributed by atoms with Gasteiger partial charge in [0, 0.05) is 22.5 Å². The van der Waals surface area contributed by atoms with E-state index in [1.807, 2.05) is 0 Å². The summed E-state index contributed by atoms with van der Waals surface area (Å²) < 4.78 is 7.10. The van der Waals surface area contributed by atoms with Gasteiger partial charge < -0.3 is 10.1 Å². The van der Waals surface area contributed by atoms with Crippen LogP contribution >= 0.6 is 15.9 Å². The highest BCUT2D eigenvalue weighted by Gasteiger charge is 2.28. The zero-order valence-electron chi connectivity index (χ0n) is 10.2. The van der Waals surface area contributed by atoms with Crippen LogP contribution in [-0.4, -0.2) is 13.2 Å². The minimum Gasteiger partial charge on any atom is -0.493 e. The topological polar surface area (TPSA) is 21.3 Å². The molecule has 17 heavy (non-hydrogen) atoms. The molecule has 2 nitrogen and oxygen atoms in total. The molecule has 0 saturated carbocycles. The van der Waals surface area contributed by atoms with Crippen LogP contribution in [0.1, 0.15) is 42.5 Å². The van der Waals surface area contributed by atoms with Crippen molar-refractivity contribution in [2.24, 2.45) is 0 Å². The number of hydrogen-bond donors (Lipinski definition) is 1. The Balaban J connectivity index is 2.11. The van der Waals surface area contributed by atoms with Crippen LogP contribution in [0.5, 0.6) is 5.75 Å². The third-order valence-electron chi connectivity index (χ3n) is 3.79. The monoisotopic (exact) mass is 295 g/mol. The van der Waals surface area contributed by atoms with Gasteiger partial charge in [-0.1, -0.05) is 22.9 Å². The van der Waals surface area contributed by atoms with E-state index in [1.165, 1.54) is 46.2 Å². The number of hydrogen-bond acceptors (Lipinski definition) is 2. The average Bonchev–Trinajstić information content (AvgIpc) is 2.78. The van der Waals surface area contributed by atoms with Crippen molar-refractivity contribution < 1.29 is 4.74 Å². The van der Waals surface area contributed by atoms with E-state index in [2.05, 4.69) is 34.2 Å². The Morgan fingerprint density at radius 3 is 3.18 bits per heavy atom. The largest absolute Gasteiger partial charge is 0.493 e. The van der Waals surface area contributed by atoms with E-state index in [9.17, 15) is 0 Å². The fourth-order valence-corrected chi connectivity index (χ4v) is 3.88. The van der Waals surface area contributed by atoms with Crippen molar-refractivity contribution in [3.8, 4) is 5.75 Å². The maximum atomic E-state index is 5.83. The van der Waals surface area contributed by atoms with Crippen LogP contribution in [0.3, 0.4) is 0 Å². The molecule has 3 heteroatoms. The Morgan fingerprint density at radius 1 is 1.47 bits per heavy atom. The summed E-state index contributed by atoms with van der Waals surface area (Å²) in [5.74, 6) is 1.19. The molecular formula is C14H18BrNO. The highest BCUT2D eigenvalue weighted by Crippen LogP contribution is 2.43. The van der Waals surface area contributed by atoms with Crippen molar-refractivity contribution in [2.75, 3.05) is 13.2 Å². The summed E-state index contributed by atoms with van der Waals surface area (Å²) in [5.41, 5.74) is 4.27. The van der Waals surface area contributed by atoms with Crippen molar-refractivity contribution in [1.82, 2.24) is 5.32 Å². The van der Waals surface area contributed by atoms with Crippen LogP contribution in [0.25, 0.3) is 0 Å². The van der Waals surface area contributed by atoms with Crippen LogP contribution in [0, 0.1) is 0 Å². The van der Waals surface area contributed by atoms with Gasteiger partial charge in [0.05, 0.1) is 6.61 Å². The van der Waals surface area contributed by atoms with Gasteiger partial charge in [0.2, 0.25) is 0 Å². The van der Waals surface area contributed by atoms with E-state index in [-0.39, 0.29) is 0 Å². The summed E-state index contributed by atoms with van der Waals surface area (Å²) in [4.78, 5) is 0. The molecule has 1 aromatic carbocycles. The molecule has 0 radical (unpaired) electrons. The molecule has 1 atom stereocenters. The molecule has 1 aromatic rings. The molecule has 92 valence electrons. The molecule has 0 spiro atoms. The second-order valence-electron chi connectivity index (χ2n) is 4.84. The number of rotatable bonds is 2. The molecule has 2 aliphatic rings. The number of ether oxygens (including phenoxy) is 1. The van der Waals surface area contributed by atoms with Gasteiger partial charge in [-0.3, -0.25) is 0 Å². The molecule has 1 aliphatic carbocycles. The smallest absolute Gasteiger partial charge is 0.126 e. The van der Waals surface area contributed by atoms with Gasteiger partial charge in [-0.25, -0.2) is 0 Å². The minimum absolute atomic E-state index is 0.493. The molecule has 0 saturated heterocycles. The number of halogens is 1. The first-order valence-electron chi connectivity index (χ1n) is 6.51. The van der Waals surface area contributed by atoms with Crippen molar-refractivity contribution in [1.29, 1.82) is 0 Å². The van der Waals surface area contributed by atoms with Crippen LogP contribution in [-0.2, 0) is 12.8 Å². The predicted molar refractivity (Wildman–Crippen MR) is 72.7 cm³/mol. The van der Waals surface area contributed by atoms with Crippen molar-refractivity contribution >= 4 is 15.9 Å². The van der Waals surface area contributed by atoms with Gasteiger partial charge in [-0.2, -0.15) is 0 Å². The normalized spacial score (nSPS) is 21.9. The lowest BCUT2D eigenvalue weighted by Crippen LogP contribution is -2.25. The molecule has 1 unspecified atom stereocenters. The summed E-state index contributed by atoms with van der Waals surface area (Å²) >= 11 is 3.75. The average molecular weight is 296 g/mol. The summed E-state index contributed by atoms with van der Waals surface area (Å²) in [5, 5.41) is 3.59. The van der Waals surface area contributed by atoms with Crippen molar-refractivity contribution in [3.63, 3.8) is 0 Å². The van der Waals surface area contributed by atoms with E-state index < -0.39 is 0 Å². The van der Waals surface area contributed by atoms with E-state index >= 15 is 0 Å². The molecule has 0 amide bonds. The zero-order valence-corrected chi connectivity index (χ0v) is 11.8. The number of benzene rings is 1. The van der Waals surface area contributed by atoms with Crippen LogP contribution < -0.4 is 10.1 Å². The maximum absolute atomic E-state index is 5.83. The Kier molecular flexibility index (Phi) is 3.14. The van der Waals surface area contributed by atoms with Gasteiger partial charge in [-0.15, -0.1) is 0 Å². The van der Waals surface area contributed by atoms with E-state index in [4.69, 9.17) is 4.74 Å². The highest BCUT2D eigenvalue weighted by molar-refractivity contribution is 9.10. The van der Waals surface area contributed by atoms with Crippen molar-refractivity contribution in [2.45, 2.75) is 38.6 Å². The second-order valence-corrected chi connectivity index (χ2v) is 5.69. The Hall–Kier alpha value is -0.540. The van der Waals surface area contributed by atoms with Crippen LogP contribution in [0.2, 0.25) is 0 Å². The SMILES string of the molecule is CCNC1CCCc2c3c(cc(Br)c21)CCO3. The maximum Gasteiger partial charge on any atom is 0.126 e. The zero-order chi connectivity index (χ0) is 11.8. The number of fused-ring (bicyclic) bond motifs is 3. The lowest BCUT2D eigenvalue weighted by Gasteiger charge is -2.28. The quantitative estimate of drug-likeness (QED) is 0.903. The van der Waals surface area contributed by atoms with Crippen LogP contribution in [0.4, 0.5) is 0 Å².